The van der Waals surface area contributed by atoms with Crippen molar-refractivity contribution in [3.63, 3.8) is 0 Å². The number of amides is 1. The number of nitrogens with zero attached hydrogens (tertiary/aromatic N) is 1. The standard InChI is InChI=1S/C19H22Cl2N2O3S/c1-12-8-9-15(13(2)10-12)14(3)22-18(24)11-23(27(4,25)26)17-7-5-6-16(20)19(17)21/h5-10,14H,11H2,1-4H3,(H,22,24)/t14-/m0/s1. The Morgan fingerprint density at radius 3 is 2.44 bits per heavy atom. The molecule has 0 unspecified atom stereocenters. The average molecular weight is 429 g/mol. The van der Waals surface area contributed by atoms with Crippen LogP contribution in [0.15, 0.2) is 36.4 Å². The van der Waals surface area contributed by atoms with Gasteiger partial charge in [-0.05, 0) is 44.0 Å². The SMILES string of the molecule is Cc1ccc([C@H](C)NC(=O)CN(c2cccc(Cl)c2Cl)S(C)(=O)=O)c(C)c1. The van der Waals surface area contributed by atoms with Crippen LogP contribution in [0.3, 0.4) is 0 Å². The average Bonchev–Trinajstić information content (AvgIpc) is 2.54. The molecular weight excluding hydrogens is 407 g/mol. The third kappa shape index (κ3) is 5.37. The molecule has 2 aromatic rings. The van der Waals surface area contributed by atoms with Crippen molar-refractivity contribution in [3.05, 3.63) is 63.1 Å². The van der Waals surface area contributed by atoms with Gasteiger partial charge in [0.05, 0.1) is 28.0 Å². The fraction of sp³-hybridized carbons (Fsp3) is 0.316. The van der Waals surface area contributed by atoms with Crippen LogP contribution < -0.4 is 9.62 Å². The molecule has 146 valence electrons. The Kier molecular flexibility index (Phi) is 6.78. The molecule has 8 heteroatoms. The summed E-state index contributed by atoms with van der Waals surface area (Å²) in [5.74, 6) is -0.441. The molecule has 1 atom stereocenters. The van der Waals surface area contributed by atoms with Crippen molar-refractivity contribution in [3.8, 4) is 0 Å². The van der Waals surface area contributed by atoms with Crippen molar-refractivity contribution >= 4 is 44.8 Å². The van der Waals surface area contributed by atoms with Gasteiger partial charge >= 0.3 is 0 Å². The van der Waals surface area contributed by atoms with Gasteiger partial charge in [0.1, 0.15) is 6.54 Å². The highest BCUT2D eigenvalue weighted by molar-refractivity contribution is 7.92. The molecular formula is C19H22Cl2N2O3S. The van der Waals surface area contributed by atoms with Crippen LogP contribution in [-0.2, 0) is 14.8 Å². The Morgan fingerprint density at radius 1 is 1.19 bits per heavy atom. The minimum atomic E-state index is -3.74. The Labute approximate surface area is 170 Å². The highest BCUT2D eigenvalue weighted by atomic mass is 35.5. The molecule has 0 heterocycles. The number of rotatable bonds is 6. The van der Waals surface area contributed by atoms with E-state index in [0.717, 1.165) is 27.3 Å². The number of halogens is 2. The zero-order chi connectivity index (χ0) is 20.4. The predicted octanol–water partition coefficient (Wildman–Crippen LogP) is 4.25. The first-order chi connectivity index (χ1) is 12.5. The van der Waals surface area contributed by atoms with Crippen LogP contribution >= 0.6 is 23.2 Å². The first kappa shape index (κ1) is 21.5. The molecule has 0 aromatic heterocycles. The van der Waals surface area contributed by atoms with Crippen molar-refractivity contribution < 1.29 is 13.2 Å². The fourth-order valence-electron chi connectivity index (χ4n) is 2.87. The maximum absolute atomic E-state index is 12.5. The number of aryl methyl sites for hydroxylation is 2. The summed E-state index contributed by atoms with van der Waals surface area (Å²) in [7, 11) is -3.74. The van der Waals surface area contributed by atoms with Gasteiger partial charge < -0.3 is 5.32 Å². The molecule has 0 aliphatic carbocycles. The minimum Gasteiger partial charge on any atom is -0.348 e. The number of anilines is 1. The first-order valence-corrected chi connectivity index (χ1v) is 10.9. The Bertz CT molecular complexity index is 961. The maximum atomic E-state index is 12.5. The summed E-state index contributed by atoms with van der Waals surface area (Å²) in [4.78, 5) is 12.5. The van der Waals surface area contributed by atoms with E-state index >= 15 is 0 Å². The smallest absolute Gasteiger partial charge is 0.241 e. The number of sulfonamides is 1. The van der Waals surface area contributed by atoms with Crippen LogP contribution in [-0.4, -0.2) is 27.1 Å². The van der Waals surface area contributed by atoms with E-state index < -0.39 is 22.5 Å². The lowest BCUT2D eigenvalue weighted by Gasteiger charge is -2.24. The number of hydrogen-bond acceptors (Lipinski definition) is 3. The van der Waals surface area contributed by atoms with Gasteiger partial charge in [0, 0.05) is 0 Å². The van der Waals surface area contributed by atoms with Crippen molar-refractivity contribution in [1.82, 2.24) is 5.32 Å². The molecule has 0 aliphatic heterocycles. The van der Waals surface area contributed by atoms with Crippen LogP contribution in [0.5, 0.6) is 0 Å². The van der Waals surface area contributed by atoms with E-state index in [2.05, 4.69) is 5.32 Å². The van der Waals surface area contributed by atoms with E-state index in [9.17, 15) is 13.2 Å². The van der Waals surface area contributed by atoms with Gasteiger partial charge in [-0.15, -0.1) is 0 Å². The number of hydrogen-bond donors (Lipinski definition) is 1. The van der Waals surface area contributed by atoms with Crippen molar-refractivity contribution in [2.75, 3.05) is 17.1 Å². The Morgan fingerprint density at radius 2 is 1.85 bits per heavy atom. The normalized spacial score (nSPS) is 12.5. The zero-order valence-corrected chi connectivity index (χ0v) is 17.9. The Balaban J connectivity index is 2.23. The van der Waals surface area contributed by atoms with E-state index in [-0.39, 0.29) is 21.8 Å². The van der Waals surface area contributed by atoms with Crippen LogP contribution in [0.1, 0.15) is 29.7 Å². The Hall–Kier alpha value is -1.76. The third-order valence-corrected chi connectivity index (χ3v) is 6.09. The summed E-state index contributed by atoms with van der Waals surface area (Å²) >= 11 is 12.1. The van der Waals surface area contributed by atoms with Gasteiger partial charge in [-0.25, -0.2) is 8.42 Å². The molecule has 0 spiro atoms. The van der Waals surface area contributed by atoms with Crippen LogP contribution in [0.25, 0.3) is 0 Å². The molecule has 0 bridgehead atoms. The minimum absolute atomic E-state index is 0.0832. The van der Waals surface area contributed by atoms with Gasteiger partial charge in [0.15, 0.2) is 0 Å². The van der Waals surface area contributed by atoms with Crippen LogP contribution in [0, 0.1) is 13.8 Å². The second-order valence-corrected chi connectivity index (χ2v) is 9.18. The molecule has 0 saturated heterocycles. The highest BCUT2D eigenvalue weighted by Gasteiger charge is 2.24. The summed E-state index contributed by atoms with van der Waals surface area (Å²) in [5, 5.41) is 3.14. The second-order valence-electron chi connectivity index (χ2n) is 6.49. The van der Waals surface area contributed by atoms with E-state index in [4.69, 9.17) is 23.2 Å². The summed E-state index contributed by atoms with van der Waals surface area (Å²) in [5.41, 5.74) is 3.33. The number of nitrogens with one attached hydrogen (secondary N) is 1. The zero-order valence-electron chi connectivity index (χ0n) is 15.6. The fourth-order valence-corrected chi connectivity index (χ4v) is 4.18. The molecule has 2 rings (SSSR count). The monoisotopic (exact) mass is 428 g/mol. The molecule has 27 heavy (non-hydrogen) atoms. The molecule has 0 fully saturated rings. The summed E-state index contributed by atoms with van der Waals surface area (Å²) in [6.45, 7) is 5.43. The lowest BCUT2D eigenvalue weighted by Crippen LogP contribution is -2.41. The lowest BCUT2D eigenvalue weighted by atomic mass is 10.0. The first-order valence-electron chi connectivity index (χ1n) is 8.29. The van der Waals surface area contributed by atoms with Gasteiger partial charge in [-0.1, -0.05) is 53.0 Å². The van der Waals surface area contributed by atoms with Gasteiger partial charge in [0.2, 0.25) is 15.9 Å². The molecule has 5 nitrogen and oxygen atoms in total. The maximum Gasteiger partial charge on any atom is 0.241 e. The molecule has 2 aromatic carbocycles. The van der Waals surface area contributed by atoms with E-state index in [1.54, 1.807) is 12.1 Å². The summed E-state index contributed by atoms with van der Waals surface area (Å²) in [6.07, 6.45) is 1.02. The number of benzene rings is 2. The second kappa shape index (κ2) is 8.50. The van der Waals surface area contributed by atoms with Gasteiger partial charge in [-0.2, -0.15) is 0 Å². The molecule has 0 aliphatic rings. The predicted molar refractivity (Wildman–Crippen MR) is 111 cm³/mol. The van der Waals surface area contributed by atoms with Crippen molar-refractivity contribution in [2.45, 2.75) is 26.8 Å². The van der Waals surface area contributed by atoms with E-state index in [1.165, 1.54) is 6.07 Å². The highest BCUT2D eigenvalue weighted by Crippen LogP contribution is 2.33. The van der Waals surface area contributed by atoms with Gasteiger partial charge in [0.25, 0.3) is 0 Å². The van der Waals surface area contributed by atoms with Crippen molar-refractivity contribution in [1.29, 1.82) is 0 Å². The quantitative estimate of drug-likeness (QED) is 0.747. The van der Waals surface area contributed by atoms with E-state index in [1.807, 2.05) is 39.0 Å². The lowest BCUT2D eigenvalue weighted by molar-refractivity contribution is -0.120. The van der Waals surface area contributed by atoms with E-state index in [0.29, 0.717) is 0 Å². The van der Waals surface area contributed by atoms with Crippen LogP contribution in [0.2, 0.25) is 10.0 Å². The van der Waals surface area contributed by atoms with Crippen molar-refractivity contribution in [2.24, 2.45) is 0 Å². The third-order valence-electron chi connectivity index (χ3n) is 4.16. The number of carbonyl (C=O) groups is 1. The molecule has 0 radical (unpaired) electrons. The number of carbonyl (C=O) groups excluding carboxylic acids is 1. The topological polar surface area (TPSA) is 66.5 Å². The largest absolute Gasteiger partial charge is 0.348 e. The molecule has 0 saturated carbocycles. The summed E-state index contributed by atoms with van der Waals surface area (Å²) in [6, 6.07) is 10.3. The summed E-state index contributed by atoms with van der Waals surface area (Å²) < 4.78 is 25.4. The molecule has 1 N–H and O–H groups in total. The van der Waals surface area contributed by atoms with Crippen LogP contribution in [0.4, 0.5) is 5.69 Å². The van der Waals surface area contributed by atoms with Gasteiger partial charge in [-0.3, -0.25) is 9.10 Å². The molecule has 1 amide bonds.